The summed E-state index contributed by atoms with van der Waals surface area (Å²) in [7, 11) is 0. The minimum atomic E-state index is -4.36. The van der Waals surface area contributed by atoms with Gasteiger partial charge >= 0.3 is 6.18 Å². The zero-order valence-corrected chi connectivity index (χ0v) is 7.40. The second-order valence-corrected chi connectivity index (χ2v) is 2.43. The molecule has 0 saturated carbocycles. The maximum Gasteiger partial charge on any atom is 0.407 e. The van der Waals surface area contributed by atoms with Crippen LogP contribution >= 0.6 is 12.4 Å². The van der Waals surface area contributed by atoms with Gasteiger partial charge in [-0.25, -0.2) is 0 Å². The lowest BCUT2D eigenvalue weighted by atomic mass is 10.1. The van der Waals surface area contributed by atoms with Gasteiger partial charge in [-0.2, -0.15) is 13.2 Å². The van der Waals surface area contributed by atoms with Crippen molar-refractivity contribution in [2.45, 2.75) is 12.2 Å². The number of hydrogen-bond acceptors (Lipinski definition) is 1. The van der Waals surface area contributed by atoms with E-state index in [-0.39, 0.29) is 18.0 Å². The molecule has 1 rings (SSSR count). The van der Waals surface area contributed by atoms with Crippen LogP contribution in [0, 0.1) is 0 Å². The third-order valence-corrected chi connectivity index (χ3v) is 1.51. The van der Waals surface area contributed by atoms with E-state index in [0.29, 0.717) is 0 Å². The highest BCUT2D eigenvalue weighted by molar-refractivity contribution is 5.85. The van der Waals surface area contributed by atoms with Gasteiger partial charge in [-0.1, -0.05) is 30.3 Å². The third-order valence-electron chi connectivity index (χ3n) is 1.51. The molecule has 0 heterocycles. The van der Waals surface area contributed by atoms with Crippen molar-refractivity contribution in [3.05, 3.63) is 35.9 Å². The van der Waals surface area contributed by atoms with Gasteiger partial charge in [-0.15, -0.1) is 12.4 Å². The van der Waals surface area contributed by atoms with Crippen LogP contribution in [-0.2, 0) is 0 Å². The van der Waals surface area contributed by atoms with E-state index in [4.69, 9.17) is 5.73 Å². The number of halogens is 4. The summed E-state index contributed by atoms with van der Waals surface area (Å²) >= 11 is 0. The monoisotopic (exact) mass is 211 g/mol. The van der Waals surface area contributed by atoms with Gasteiger partial charge in [-0.05, 0) is 5.56 Å². The van der Waals surface area contributed by atoms with Crippen LogP contribution in [0.25, 0.3) is 0 Å². The SMILES string of the molecule is Cl.N[C@H](c1ccccc1)C(F)(F)F. The summed E-state index contributed by atoms with van der Waals surface area (Å²) < 4.78 is 36.0. The molecule has 0 aliphatic carbocycles. The highest BCUT2D eigenvalue weighted by atomic mass is 35.5. The standard InChI is InChI=1S/C8H8F3N.ClH/c9-8(10,11)7(12)6-4-2-1-3-5-6;/h1-5,7H,12H2;1H/t7-;/m1./s1. The first-order chi connectivity index (χ1) is 5.52. The van der Waals surface area contributed by atoms with E-state index in [1.54, 1.807) is 6.07 Å². The molecule has 0 aliphatic rings. The van der Waals surface area contributed by atoms with Crippen molar-refractivity contribution in [3.8, 4) is 0 Å². The average molecular weight is 212 g/mol. The van der Waals surface area contributed by atoms with Gasteiger partial charge in [0.2, 0.25) is 0 Å². The maximum atomic E-state index is 12.0. The lowest BCUT2D eigenvalue weighted by Crippen LogP contribution is -2.28. The summed E-state index contributed by atoms with van der Waals surface area (Å²) in [5.74, 6) is 0. The Balaban J connectivity index is 0.00000144. The molecule has 2 N–H and O–H groups in total. The topological polar surface area (TPSA) is 26.0 Å². The molecule has 0 spiro atoms. The predicted molar refractivity (Wildman–Crippen MR) is 46.7 cm³/mol. The molecular formula is C8H9ClF3N. The van der Waals surface area contributed by atoms with Crippen molar-refractivity contribution in [2.75, 3.05) is 0 Å². The lowest BCUT2D eigenvalue weighted by molar-refractivity contribution is -0.149. The second-order valence-electron chi connectivity index (χ2n) is 2.43. The van der Waals surface area contributed by atoms with E-state index in [9.17, 15) is 13.2 Å². The Hall–Kier alpha value is -0.740. The Kier molecular flexibility index (Phi) is 4.23. The molecule has 0 bridgehead atoms. The zero-order valence-electron chi connectivity index (χ0n) is 6.58. The van der Waals surface area contributed by atoms with Crippen LogP contribution in [0.15, 0.2) is 30.3 Å². The highest BCUT2D eigenvalue weighted by Gasteiger charge is 2.37. The molecule has 0 saturated heterocycles. The first kappa shape index (κ1) is 12.3. The fraction of sp³-hybridized carbons (Fsp3) is 0.250. The molecule has 0 fully saturated rings. The highest BCUT2D eigenvalue weighted by Crippen LogP contribution is 2.29. The van der Waals surface area contributed by atoms with Crippen molar-refractivity contribution in [2.24, 2.45) is 5.73 Å². The van der Waals surface area contributed by atoms with Crippen molar-refractivity contribution < 1.29 is 13.2 Å². The second kappa shape index (κ2) is 4.48. The Morgan fingerprint density at radius 3 is 1.92 bits per heavy atom. The lowest BCUT2D eigenvalue weighted by Gasteiger charge is -2.15. The van der Waals surface area contributed by atoms with Crippen LogP contribution in [0.5, 0.6) is 0 Å². The van der Waals surface area contributed by atoms with Crippen LogP contribution in [0.3, 0.4) is 0 Å². The van der Waals surface area contributed by atoms with Crippen LogP contribution in [0.4, 0.5) is 13.2 Å². The predicted octanol–water partition coefficient (Wildman–Crippen LogP) is 2.67. The number of alkyl halides is 3. The third kappa shape index (κ3) is 3.24. The van der Waals surface area contributed by atoms with Gasteiger partial charge in [0, 0.05) is 0 Å². The fourth-order valence-electron chi connectivity index (χ4n) is 0.849. The normalized spacial score (nSPS) is 13.2. The van der Waals surface area contributed by atoms with E-state index < -0.39 is 12.2 Å². The minimum Gasteiger partial charge on any atom is -0.316 e. The summed E-state index contributed by atoms with van der Waals surface area (Å²) in [5, 5.41) is 0. The van der Waals surface area contributed by atoms with Gasteiger partial charge in [0.15, 0.2) is 0 Å². The number of hydrogen-bond donors (Lipinski definition) is 1. The van der Waals surface area contributed by atoms with Gasteiger partial charge in [-0.3, -0.25) is 0 Å². The minimum absolute atomic E-state index is 0. The molecule has 1 atom stereocenters. The van der Waals surface area contributed by atoms with Gasteiger partial charge < -0.3 is 5.73 Å². The summed E-state index contributed by atoms with van der Waals surface area (Å²) in [5.41, 5.74) is 5.04. The molecule has 0 amide bonds. The largest absolute Gasteiger partial charge is 0.407 e. The van der Waals surface area contributed by atoms with Crippen LogP contribution in [0.2, 0.25) is 0 Å². The molecule has 13 heavy (non-hydrogen) atoms. The maximum absolute atomic E-state index is 12.0. The first-order valence-electron chi connectivity index (χ1n) is 3.39. The van der Waals surface area contributed by atoms with Crippen LogP contribution in [0.1, 0.15) is 11.6 Å². The van der Waals surface area contributed by atoms with E-state index in [2.05, 4.69) is 0 Å². The van der Waals surface area contributed by atoms with Gasteiger partial charge in [0.05, 0.1) is 0 Å². The van der Waals surface area contributed by atoms with Crippen LogP contribution in [-0.4, -0.2) is 6.18 Å². The average Bonchev–Trinajstić information content (AvgIpc) is 2.03. The number of benzene rings is 1. The van der Waals surface area contributed by atoms with E-state index in [0.717, 1.165) is 0 Å². The smallest absolute Gasteiger partial charge is 0.316 e. The quantitative estimate of drug-likeness (QED) is 0.760. The summed E-state index contributed by atoms with van der Waals surface area (Å²) in [6.07, 6.45) is -4.36. The van der Waals surface area contributed by atoms with Crippen molar-refractivity contribution >= 4 is 12.4 Å². The molecule has 0 aromatic heterocycles. The molecular weight excluding hydrogens is 203 g/mol. The number of rotatable bonds is 1. The van der Waals surface area contributed by atoms with Gasteiger partial charge in [0.25, 0.3) is 0 Å². The first-order valence-corrected chi connectivity index (χ1v) is 3.39. The van der Waals surface area contributed by atoms with Crippen LogP contribution < -0.4 is 5.73 Å². The molecule has 1 aromatic rings. The molecule has 5 heteroatoms. The summed E-state index contributed by atoms with van der Waals surface area (Å²) in [4.78, 5) is 0. The fourth-order valence-corrected chi connectivity index (χ4v) is 0.849. The molecule has 1 nitrogen and oxygen atoms in total. The van der Waals surface area contributed by atoms with E-state index >= 15 is 0 Å². The Labute approximate surface area is 80.2 Å². The zero-order chi connectivity index (χ0) is 9.19. The van der Waals surface area contributed by atoms with Crippen molar-refractivity contribution in [1.82, 2.24) is 0 Å². The van der Waals surface area contributed by atoms with Gasteiger partial charge in [0.1, 0.15) is 6.04 Å². The molecule has 1 aromatic carbocycles. The summed E-state index contributed by atoms with van der Waals surface area (Å²) in [6.45, 7) is 0. The molecule has 0 aliphatic heterocycles. The molecule has 0 radical (unpaired) electrons. The summed E-state index contributed by atoms with van der Waals surface area (Å²) in [6, 6.07) is 5.55. The van der Waals surface area contributed by atoms with E-state index in [1.807, 2.05) is 0 Å². The Morgan fingerprint density at radius 2 is 1.54 bits per heavy atom. The Morgan fingerprint density at radius 1 is 1.08 bits per heavy atom. The van der Waals surface area contributed by atoms with Crippen molar-refractivity contribution in [1.29, 1.82) is 0 Å². The Bertz CT molecular complexity index is 247. The number of nitrogens with two attached hydrogens (primary N) is 1. The van der Waals surface area contributed by atoms with Crippen molar-refractivity contribution in [3.63, 3.8) is 0 Å². The molecule has 0 unspecified atom stereocenters. The van der Waals surface area contributed by atoms with E-state index in [1.165, 1.54) is 24.3 Å². The molecule has 74 valence electrons.